The minimum atomic E-state index is -5.13. The summed E-state index contributed by atoms with van der Waals surface area (Å²) in [4.78, 5) is 3.08. The van der Waals surface area contributed by atoms with Gasteiger partial charge in [-0.15, -0.1) is 0 Å². The molecule has 0 radical (unpaired) electrons. The van der Waals surface area contributed by atoms with Crippen molar-refractivity contribution >= 4 is 26.1 Å². The number of pyridine rings is 1. The molecule has 0 spiro atoms. The molecule has 0 unspecified atom stereocenters. The van der Waals surface area contributed by atoms with Crippen molar-refractivity contribution in [3.8, 4) is 0 Å². The molecule has 9 nitrogen and oxygen atoms in total. The molecule has 1 aromatic rings. The fraction of sp³-hybridized carbons (Fsp3) is 0. The molecule has 13 heteroatoms. The van der Waals surface area contributed by atoms with Crippen molar-refractivity contribution in [1.29, 1.82) is 0 Å². The van der Waals surface area contributed by atoms with Crippen LogP contribution in [0.15, 0.2) is 23.4 Å². The number of hydrogen-bond donors (Lipinski definition) is 1. The van der Waals surface area contributed by atoms with Gasteiger partial charge >= 0.3 is 59.1 Å². The second kappa shape index (κ2) is 7.50. The quantitative estimate of drug-likeness (QED) is 0.328. The van der Waals surface area contributed by atoms with Crippen molar-refractivity contribution < 1.29 is 90.3 Å². The van der Waals surface area contributed by atoms with Gasteiger partial charge in [-0.25, -0.2) is 21.8 Å². The van der Waals surface area contributed by atoms with E-state index in [2.05, 4.69) is 4.98 Å². The number of nitrogens with zero attached hydrogens (tertiary/aromatic N) is 2. The van der Waals surface area contributed by atoms with E-state index in [4.69, 9.17) is 5.21 Å². The Hall–Kier alpha value is 0.730. The van der Waals surface area contributed by atoms with Crippen molar-refractivity contribution in [2.45, 2.75) is 5.03 Å². The van der Waals surface area contributed by atoms with E-state index in [1.807, 2.05) is 0 Å². The molecule has 0 saturated carbocycles. The first-order valence-electron chi connectivity index (χ1n) is 3.49. The van der Waals surface area contributed by atoms with E-state index in [1.54, 1.807) is 0 Å². The van der Waals surface area contributed by atoms with E-state index >= 15 is 0 Å². The summed E-state index contributed by atoms with van der Waals surface area (Å²) in [5.74, 6) is 0. The van der Waals surface area contributed by atoms with E-state index in [-0.39, 0.29) is 59.1 Å². The monoisotopic (exact) mass is 314 g/mol. The van der Waals surface area contributed by atoms with E-state index in [1.165, 1.54) is 0 Å². The third kappa shape index (κ3) is 5.79. The Labute approximate surface area is 147 Å². The van der Waals surface area contributed by atoms with Gasteiger partial charge in [-0.1, -0.05) is 0 Å². The van der Waals surface area contributed by atoms with Gasteiger partial charge in [-0.3, -0.25) is 5.21 Å². The van der Waals surface area contributed by atoms with E-state index < -0.39 is 35.6 Å². The maximum absolute atomic E-state index is 10.4. The Balaban J connectivity index is 0. The molecule has 1 N–H and O–H groups in total. The van der Waals surface area contributed by atoms with E-state index in [9.17, 15) is 25.9 Å². The zero-order valence-electron chi connectivity index (χ0n) is 9.34. The van der Waals surface area contributed by atoms with Crippen LogP contribution in [-0.4, -0.2) is 36.1 Å². The van der Waals surface area contributed by atoms with Gasteiger partial charge in [0.2, 0.25) is 10.3 Å². The van der Waals surface area contributed by atoms with Gasteiger partial charge in [0.15, 0.2) is 0 Å². The average Bonchev–Trinajstić information content (AvgIpc) is 2.14. The number of anilines is 1. The van der Waals surface area contributed by atoms with Gasteiger partial charge in [0.05, 0.1) is 11.9 Å². The van der Waals surface area contributed by atoms with Crippen LogP contribution in [0.2, 0.25) is 0 Å². The molecule has 0 bridgehead atoms. The first-order chi connectivity index (χ1) is 7.12. The normalized spacial score (nSPS) is 11.1. The summed E-state index contributed by atoms with van der Waals surface area (Å²) in [5.41, 5.74) is -0.581. The standard InChI is InChI=1S/C5H6N2O7S2.2Na/c8-7(16(12,13)14)4-1-2-5(6-3-4)15(9,10)11;;/h1-3,8H,(H,9,10,11)(H,12,13,14);;/q;2*+1/p-2. The first-order valence-corrected chi connectivity index (χ1v) is 6.26. The third-order valence-corrected chi connectivity index (χ3v) is 2.80. The number of aromatic nitrogens is 1. The Bertz CT molecular complexity index is 585. The fourth-order valence-electron chi connectivity index (χ4n) is 0.763. The molecule has 0 aromatic carbocycles. The minimum Gasteiger partial charge on any atom is -0.743 e. The summed E-state index contributed by atoms with van der Waals surface area (Å²) in [6.07, 6.45) is 0.556. The predicted octanol–water partition coefficient (Wildman–Crippen LogP) is -7.35. The summed E-state index contributed by atoms with van der Waals surface area (Å²) < 4.78 is 61.7. The number of hydrogen-bond acceptors (Lipinski definition) is 8. The van der Waals surface area contributed by atoms with Crippen molar-refractivity contribution in [3.63, 3.8) is 0 Å². The molecule has 1 rings (SSSR count). The Morgan fingerprint density at radius 1 is 1.11 bits per heavy atom. The van der Waals surface area contributed by atoms with Crippen LogP contribution in [0.4, 0.5) is 5.69 Å². The Kier molecular flexibility index (Phi) is 8.76. The molecular weight excluding hydrogens is 310 g/mol. The molecule has 0 aliphatic carbocycles. The largest absolute Gasteiger partial charge is 1.00 e. The summed E-state index contributed by atoms with van der Waals surface area (Å²) >= 11 is 0. The van der Waals surface area contributed by atoms with Crippen molar-refractivity contribution in [2.24, 2.45) is 0 Å². The summed E-state index contributed by atoms with van der Waals surface area (Å²) in [6, 6.07) is 1.40. The van der Waals surface area contributed by atoms with Crippen molar-refractivity contribution in [3.05, 3.63) is 18.3 Å². The molecular formula is C5H4N2Na2O7S2. The third-order valence-electron chi connectivity index (χ3n) is 1.41. The van der Waals surface area contributed by atoms with Crippen molar-refractivity contribution in [2.75, 3.05) is 4.47 Å². The number of rotatable bonds is 3. The maximum atomic E-state index is 10.4. The van der Waals surface area contributed by atoms with E-state index in [0.717, 1.165) is 6.07 Å². The average molecular weight is 314 g/mol. The molecule has 18 heavy (non-hydrogen) atoms. The van der Waals surface area contributed by atoms with Gasteiger partial charge < -0.3 is 9.11 Å². The first kappa shape index (κ1) is 21.0. The summed E-state index contributed by atoms with van der Waals surface area (Å²) in [7, 11) is -9.90. The summed E-state index contributed by atoms with van der Waals surface area (Å²) in [5, 5.41) is 7.96. The van der Waals surface area contributed by atoms with Crippen LogP contribution in [0.25, 0.3) is 0 Å². The molecule has 0 aliphatic rings. The summed E-state index contributed by atoms with van der Waals surface area (Å²) in [6.45, 7) is 0. The predicted molar refractivity (Wildman–Crippen MR) is 46.2 cm³/mol. The molecule has 0 fully saturated rings. The molecule has 0 atom stereocenters. The topological polar surface area (TPSA) is 151 Å². The second-order valence-electron chi connectivity index (χ2n) is 2.51. The Morgan fingerprint density at radius 2 is 1.61 bits per heavy atom. The van der Waals surface area contributed by atoms with Crippen LogP contribution < -0.4 is 63.6 Å². The van der Waals surface area contributed by atoms with Gasteiger partial charge in [-0.2, -0.15) is 4.47 Å². The maximum Gasteiger partial charge on any atom is 1.00 e. The van der Waals surface area contributed by atoms with Crippen LogP contribution in [0, 0.1) is 0 Å². The molecule has 1 aromatic heterocycles. The Morgan fingerprint density at radius 3 is 1.89 bits per heavy atom. The molecule has 90 valence electrons. The van der Waals surface area contributed by atoms with Gasteiger partial charge in [0, 0.05) is 0 Å². The van der Waals surface area contributed by atoms with Crippen LogP contribution >= 0.6 is 0 Å². The van der Waals surface area contributed by atoms with Gasteiger partial charge in [0.1, 0.15) is 15.1 Å². The zero-order valence-corrected chi connectivity index (χ0v) is 15.0. The molecule has 0 amide bonds. The van der Waals surface area contributed by atoms with Gasteiger partial charge in [-0.05, 0) is 12.1 Å². The van der Waals surface area contributed by atoms with Crippen LogP contribution in [-0.2, 0) is 20.4 Å². The van der Waals surface area contributed by atoms with E-state index in [0.29, 0.717) is 12.3 Å². The van der Waals surface area contributed by atoms with Crippen LogP contribution in [0.5, 0.6) is 0 Å². The SMILES string of the molecule is O=S(=O)([O-])c1ccc(N(O)S(=O)(=O)[O-])cn1.[Na+].[Na+]. The molecule has 0 saturated heterocycles. The zero-order chi connectivity index (χ0) is 12.6. The smallest absolute Gasteiger partial charge is 0.743 e. The minimum absolute atomic E-state index is 0. The van der Waals surface area contributed by atoms with Crippen molar-refractivity contribution in [1.82, 2.24) is 4.98 Å². The van der Waals surface area contributed by atoms with Crippen LogP contribution in [0.1, 0.15) is 0 Å². The second-order valence-corrected chi connectivity index (χ2v) is 5.04. The molecule has 0 aliphatic heterocycles. The van der Waals surface area contributed by atoms with Gasteiger partial charge in [0.25, 0.3) is 0 Å². The van der Waals surface area contributed by atoms with Crippen LogP contribution in [0.3, 0.4) is 0 Å². The fourth-order valence-corrected chi connectivity index (χ4v) is 1.55. The molecule has 1 heterocycles.